The number of hydrogen-bond donors (Lipinski definition) is 0. The van der Waals surface area contributed by atoms with Gasteiger partial charge in [0.15, 0.2) is 0 Å². The molecule has 0 fully saturated rings. The summed E-state index contributed by atoms with van der Waals surface area (Å²) in [6.45, 7) is -0.117. The molecule has 0 radical (unpaired) electrons. The molecule has 0 N–H and O–H groups in total. The number of para-hydroxylation sites is 2. The number of nitrogens with zero attached hydrogens (tertiary/aromatic N) is 1. The molecule has 18 heavy (non-hydrogen) atoms. The van der Waals surface area contributed by atoms with Gasteiger partial charge in [-0.05, 0) is 12.1 Å². The maximum atomic E-state index is 10.8. The molecule has 0 spiro atoms. The molecule has 0 aliphatic heterocycles. The van der Waals surface area contributed by atoms with Crippen LogP contribution in [0.4, 0.5) is 0 Å². The Labute approximate surface area is 147 Å². The first-order valence-electron chi connectivity index (χ1n) is 5.43. The number of rotatable bonds is 2. The minimum absolute atomic E-state index is 0. The zero-order valence-corrected chi connectivity index (χ0v) is 13.2. The van der Waals surface area contributed by atoms with Crippen molar-refractivity contribution in [3.8, 4) is 0 Å². The number of aliphatic carboxylic acids is 1. The van der Waals surface area contributed by atoms with E-state index in [1.165, 1.54) is 0 Å². The van der Waals surface area contributed by atoms with Crippen molar-refractivity contribution in [1.82, 2.24) is 4.57 Å². The van der Waals surface area contributed by atoms with Crippen molar-refractivity contribution in [2.24, 2.45) is 0 Å². The van der Waals surface area contributed by atoms with Gasteiger partial charge in [-0.15, -0.1) is 0 Å². The Morgan fingerprint density at radius 3 is 1.83 bits per heavy atom. The molecule has 2 aromatic carbocycles. The average molecular weight is 263 g/mol. The first-order valence-corrected chi connectivity index (χ1v) is 5.43. The predicted octanol–water partition coefficient (Wildman–Crippen LogP) is -1.45. The molecule has 0 unspecified atom stereocenters. The van der Waals surface area contributed by atoms with E-state index in [0.29, 0.717) is 0 Å². The SMILES string of the molecule is O=C([O-])Cn1c2ccccc2c2ccccc21.[K+]. The van der Waals surface area contributed by atoms with Gasteiger partial charge in [-0.3, -0.25) is 0 Å². The molecule has 0 aliphatic rings. The largest absolute Gasteiger partial charge is 1.00 e. The molecular formula is C14H10KNO2. The van der Waals surface area contributed by atoms with Crippen molar-refractivity contribution >= 4 is 27.8 Å². The van der Waals surface area contributed by atoms with Crippen molar-refractivity contribution < 1.29 is 61.3 Å². The van der Waals surface area contributed by atoms with E-state index in [1.54, 1.807) is 4.57 Å². The van der Waals surface area contributed by atoms with Crippen LogP contribution >= 0.6 is 0 Å². The van der Waals surface area contributed by atoms with E-state index < -0.39 is 5.97 Å². The second-order valence-corrected chi connectivity index (χ2v) is 3.99. The van der Waals surface area contributed by atoms with Gasteiger partial charge in [0, 0.05) is 21.8 Å². The van der Waals surface area contributed by atoms with Crippen molar-refractivity contribution in [2.75, 3.05) is 0 Å². The third kappa shape index (κ3) is 2.26. The number of carboxylic acid groups (broad SMARTS) is 1. The monoisotopic (exact) mass is 263 g/mol. The van der Waals surface area contributed by atoms with Gasteiger partial charge in [0.2, 0.25) is 0 Å². The van der Waals surface area contributed by atoms with Gasteiger partial charge in [0.25, 0.3) is 0 Å². The van der Waals surface area contributed by atoms with Gasteiger partial charge >= 0.3 is 51.4 Å². The molecule has 3 rings (SSSR count). The maximum absolute atomic E-state index is 10.8. The van der Waals surface area contributed by atoms with E-state index >= 15 is 0 Å². The third-order valence-electron chi connectivity index (χ3n) is 2.97. The number of fused-ring (bicyclic) bond motifs is 3. The molecule has 0 aliphatic carbocycles. The Balaban J connectivity index is 0.00000120. The van der Waals surface area contributed by atoms with E-state index in [4.69, 9.17) is 0 Å². The standard InChI is InChI=1S/C14H11NO2.K/c16-14(17)9-15-12-7-3-1-5-10(12)11-6-2-4-8-13(11)15;/h1-8H,9H2,(H,16,17);/q;+1/p-1. The zero-order valence-electron chi connectivity index (χ0n) is 10.1. The second-order valence-electron chi connectivity index (χ2n) is 3.99. The summed E-state index contributed by atoms with van der Waals surface area (Å²) in [5, 5.41) is 13.0. The number of benzene rings is 2. The smallest absolute Gasteiger partial charge is 0.548 e. The summed E-state index contributed by atoms with van der Waals surface area (Å²) >= 11 is 0. The van der Waals surface area contributed by atoms with Crippen LogP contribution in [-0.2, 0) is 11.3 Å². The summed E-state index contributed by atoms with van der Waals surface area (Å²) in [5.74, 6) is -1.07. The Hall–Kier alpha value is -0.654. The predicted molar refractivity (Wildman–Crippen MR) is 64.5 cm³/mol. The molecule has 0 amide bonds. The van der Waals surface area contributed by atoms with Crippen LogP contribution in [0, 0.1) is 0 Å². The van der Waals surface area contributed by atoms with Crippen LogP contribution in [0.25, 0.3) is 21.8 Å². The molecule has 0 atom stereocenters. The van der Waals surface area contributed by atoms with Crippen LogP contribution in [0.5, 0.6) is 0 Å². The van der Waals surface area contributed by atoms with Crippen LogP contribution in [0.2, 0.25) is 0 Å². The Bertz CT molecular complexity index is 665. The van der Waals surface area contributed by atoms with E-state index in [9.17, 15) is 9.90 Å². The average Bonchev–Trinajstić information content (AvgIpc) is 2.65. The molecule has 1 heterocycles. The maximum Gasteiger partial charge on any atom is 1.00 e. The number of aromatic nitrogens is 1. The summed E-state index contributed by atoms with van der Waals surface area (Å²) in [6.07, 6.45) is 0. The van der Waals surface area contributed by atoms with Crippen LogP contribution in [-0.4, -0.2) is 10.5 Å². The minimum Gasteiger partial charge on any atom is -0.548 e. The van der Waals surface area contributed by atoms with Crippen molar-refractivity contribution in [1.29, 1.82) is 0 Å². The van der Waals surface area contributed by atoms with Gasteiger partial charge in [-0.1, -0.05) is 36.4 Å². The van der Waals surface area contributed by atoms with E-state index in [2.05, 4.69) is 0 Å². The van der Waals surface area contributed by atoms with E-state index in [-0.39, 0.29) is 57.9 Å². The Morgan fingerprint density at radius 1 is 0.944 bits per heavy atom. The fourth-order valence-electron chi connectivity index (χ4n) is 2.30. The molecule has 84 valence electrons. The quantitative estimate of drug-likeness (QED) is 0.531. The zero-order chi connectivity index (χ0) is 11.8. The number of carbonyl (C=O) groups is 1. The Morgan fingerprint density at radius 2 is 1.39 bits per heavy atom. The molecule has 4 heteroatoms. The van der Waals surface area contributed by atoms with E-state index in [0.717, 1.165) is 21.8 Å². The molecule has 0 bridgehead atoms. The van der Waals surface area contributed by atoms with Crippen molar-refractivity contribution in [2.45, 2.75) is 6.54 Å². The van der Waals surface area contributed by atoms with Gasteiger partial charge in [-0.2, -0.15) is 0 Å². The van der Waals surface area contributed by atoms with Gasteiger partial charge in [0.1, 0.15) is 0 Å². The fraction of sp³-hybridized carbons (Fsp3) is 0.0714. The molecule has 0 saturated heterocycles. The normalized spacial score (nSPS) is 10.4. The van der Waals surface area contributed by atoms with Crippen LogP contribution in [0.3, 0.4) is 0 Å². The van der Waals surface area contributed by atoms with Crippen LogP contribution < -0.4 is 56.5 Å². The minimum atomic E-state index is -1.07. The van der Waals surface area contributed by atoms with Crippen molar-refractivity contribution in [3.63, 3.8) is 0 Å². The molecular weight excluding hydrogens is 253 g/mol. The summed E-state index contributed by atoms with van der Waals surface area (Å²) in [4.78, 5) is 10.8. The third-order valence-corrected chi connectivity index (χ3v) is 2.97. The second kappa shape index (κ2) is 5.55. The van der Waals surface area contributed by atoms with Crippen molar-refractivity contribution in [3.05, 3.63) is 48.5 Å². The number of hydrogen-bond acceptors (Lipinski definition) is 2. The van der Waals surface area contributed by atoms with Gasteiger partial charge in [-0.25, -0.2) is 0 Å². The summed E-state index contributed by atoms with van der Waals surface area (Å²) in [7, 11) is 0. The molecule has 0 saturated carbocycles. The number of carbonyl (C=O) groups excluding carboxylic acids is 1. The molecule has 3 nitrogen and oxygen atoms in total. The van der Waals surface area contributed by atoms with Gasteiger partial charge < -0.3 is 14.5 Å². The molecule has 1 aromatic heterocycles. The van der Waals surface area contributed by atoms with Crippen LogP contribution in [0.1, 0.15) is 0 Å². The van der Waals surface area contributed by atoms with Gasteiger partial charge in [0.05, 0.1) is 12.5 Å². The Kier molecular flexibility index (Phi) is 4.24. The summed E-state index contributed by atoms with van der Waals surface area (Å²) in [5.41, 5.74) is 1.86. The summed E-state index contributed by atoms with van der Waals surface area (Å²) < 4.78 is 1.78. The molecule has 3 aromatic rings. The van der Waals surface area contributed by atoms with E-state index in [1.807, 2.05) is 48.5 Å². The fourth-order valence-corrected chi connectivity index (χ4v) is 2.30. The first kappa shape index (κ1) is 13.8. The summed E-state index contributed by atoms with van der Waals surface area (Å²) in [6, 6.07) is 15.6. The van der Waals surface area contributed by atoms with Crippen LogP contribution in [0.15, 0.2) is 48.5 Å². The first-order chi connectivity index (χ1) is 8.27. The topological polar surface area (TPSA) is 45.1 Å². The number of carboxylic acids is 1.